The number of nitrogens with zero attached hydrogens (tertiary/aromatic N) is 1. The van der Waals surface area contributed by atoms with E-state index in [4.69, 9.17) is 5.11 Å². The van der Waals surface area contributed by atoms with Gasteiger partial charge in [-0.2, -0.15) is 13.2 Å². The summed E-state index contributed by atoms with van der Waals surface area (Å²) in [4.78, 5) is 26.7. The van der Waals surface area contributed by atoms with E-state index in [0.29, 0.717) is 6.42 Å². The van der Waals surface area contributed by atoms with Gasteiger partial charge >= 0.3 is 12.1 Å². The molecule has 1 atom stereocenters. The zero-order chi connectivity index (χ0) is 17.5. The maximum atomic E-state index is 12.1. The number of hydrogen-bond acceptors (Lipinski definition) is 4. The van der Waals surface area contributed by atoms with Gasteiger partial charge in [0.1, 0.15) is 11.7 Å². The molecular weight excluding hydrogens is 317 g/mol. The second-order valence-electron chi connectivity index (χ2n) is 4.77. The number of halogens is 3. The van der Waals surface area contributed by atoms with E-state index < -0.39 is 30.7 Å². The van der Waals surface area contributed by atoms with Crippen molar-refractivity contribution < 1.29 is 32.6 Å². The number of carboxylic acid groups (broad SMARTS) is 1. The molecule has 1 aromatic rings. The number of amides is 1. The number of aliphatic carboxylic acids is 1. The molecule has 0 fully saturated rings. The molecule has 0 bridgehead atoms. The largest absolute Gasteiger partial charge is 0.480 e. The second-order valence-corrected chi connectivity index (χ2v) is 4.77. The molecule has 23 heavy (non-hydrogen) atoms. The van der Waals surface area contributed by atoms with Crippen molar-refractivity contribution in [3.05, 3.63) is 23.9 Å². The average molecular weight is 334 g/mol. The van der Waals surface area contributed by atoms with E-state index in [9.17, 15) is 22.8 Å². The Morgan fingerprint density at radius 3 is 2.65 bits per heavy atom. The highest BCUT2D eigenvalue weighted by molar-refractivity contribution is 5.95. The summed E-state index contributed by atoms with van der Waals surface area (Å²) in [6, 6.07) is 2.65. The quantitative estimate of drug-likeness (QED) is 0.762. The van der Waals surface area contributed by atoms with Gasteiger partial charge in [0.2, 0.25) is 5.88 Å². The molecule has 0 aliphatic heterocycles. The van der Waals surface area contributed by atoms with Crippen LogP contribution in [0.3, 0.4) is 0 Å². The predicted molar refractivity (Wildman–Crippen MR) is 74.2 cm³/mol. The van der Waals surface area contributed by atoms with Crippen LogP contribution >= 0.6 is 0 Å². The molecule has 1 unspecified atom stereocenters. The number of carboxylic acids is 1. The summed E-state index contributed by atoms with van der Waals surface area (Å²) in [6.07, 6.45) is -2.89. The lowest BCUT2D eigenvalue weighted by atomic mass is 10.1. The summed E-state index contributed by atoms with van der Waals surface area (Å²) < 4.78 is 40.7. The first-order valence-corrected chi connectivity index (χ1v) is 6.93. The zero-order valence-corrected chi connectivity index (χ0v) is 12.4. The number of nitrogens with one attached hydrogen (secondary N) is 1. The number of ether oxygens (including phenoxy) is 1. The van der Waals surface area contributed by atoms with Crippen LogP contribution in [0, 0.1) is 0 Å². The SMILES string of the molecule is CCCCC(NC(=O)c1cccc(OCC(F)(F)F)n1)C(=O)O. The highest BCUT2D eigenvalue weighted by Gasteiger charge is 2.29. The van der Waals surface area contributed by atoms with Crippen molar-refractivity contribution in [3.63, 3.8) is 0 Å². The van der Waals surface area contributed by atoms with Crippen molar-refractivity contribution in [2.75, 3.05) is 6.61 Å². The lowest BCUT2D eigenvalue weighted by molar-refractivity contribution is -0.154. The number of carbonyl (C=O) groups is 2. The molecule has 1 amide bonds. The summed E-state index contributed by atoms with van der Waals surface area (Å²) >= 11 is 0. The molecule has 128 valence electrons. The molecule has 0 aromatic carbocycles. The lowest BCUT2D eigenvalue weighted by Crippen LogP contribution is -2.41. The van der Waals surface area contributed by atoms with Gasteiger partial charge in [0.25, 0.3) is 5.91 Å². The predicted octanol–water partition coefficient (Wildman–Crippen LogP) is 2.40. The number of aromatic nitrogens is 1. The molecule has 0 spiro atoms. The monoisotopic (exact) mass is 334 g/mol. The highest BCUT2D eigenvalue weighted by Crippen LogP contribution is 2.17. The van der Waals surface area contributed by atoms with Crippen LogP contribution in [0.4, 0.5) is 13.2 Å². The van der Waals surface area contributed by atoms with Crippen molar-refractivity contribution in [2.24, 2.45) is 0 Å². The number of hydrogen-bond donors (Lipinski definition) is 2. The highest BCUT2D eigenvalue weighted by atomic mass is 19.4. The maximum Gasteiger partial charge on any atom is 0.422 e. The van der Waals surface area contributed by atoms with Gasteiger partial charge in [0, 0.05) is 6.07 Å². The van der Waals surface area contributed by atoms with Gasteiger partial charge in [-0.3, -0.25) is 4.79 Å². The molecule has 0 saturated carbocycles. The topological polar surface area (TPSA) is 88.5 Å². The van der Waals surface area contributed by atoms with Crippen LogP contribution in [0.1, 0.15) is 36.7 Å². The standard InChI is InChI=1S/C14H17F3N2O4/c1-2-3-5-10(13(21)22)19-12(20)9-6-4-7-11(18-9)23-8-14(15,16)17/h4,6-7,10H,2-3,5,8H2,1H3,(H,19,20)(H,21,22). The van der Waals surface area contributed by atoms with Crippen molar-refractivity contribution in [3.8, 4) is 5.88 Å². The molecule has 9 heteroatoms. The van der Waals surface area contributed by atoms with Gasteiger partial charge < -0.3 is 15.2 Å². The van der Waals surface area contributed by atoms with Gasteiger partial charge in [0.15, 0.2) is 6.61 Å². The number of alkyl halides is 3. The van der Waals surface area contributed by atoms with E-state index in [-0.39, 0.29) is 18.0 Å². The van der Waals surface area contributed by atoms with Crippen LogP contribution in [0.2, 0.25) is 0 Å². The third kappa shape index (κ3) is 6.98. The Hall–Kier alpha value is -2.32. The fourth-order valence-electron chi connectivity index (χ4n) is 1.68. The van der Waals surface area contributed by atoms with Gasteiger partial charge in [-0.25, -0.2) is 9.78 Å². The zero-order valence-electron chi connectivity index (χ0n) is 12.4. The van der Waals surface area contributed by atoms with E-state index >= 15 is 0 Å². The van der Waals surface area contributed by atoms with Crippen LogP contribution < -0.4 is 10.1 Å². The van der Waals surface area contributed by atoms with Crippen LogP contribution in [0.15, 0.2) is 18.2 Å². The van der Waals surface area contributed by atoms with Crippen LogP contribution in [0.25, 0.3) is 0 Å². The number of pyridine rings is 1. The van der Waals surface area contributed by atoms with Gasteiger partial charge in [-0.1, -0.05) is 25.8 Å². The van der Waals surface area contributed by atoms with Crippen LogP contribution in [-0.4, -0.2) is 40.8 Å². The minimum Gasteiger partial charge on any atom is -0.480 e. The Labute approximate surface area is 130 Å². The maximum absolute atomic E-state index is 12.1. The molecule has 2 N–H and O–H groups in total. The van der Waals surface area contributed by atoms with E-state index in [0.717, 1.165) is 6.42 Å². The van der Waals surface area contributed by atoms with Crippen molar-refractivity contribution in [2.45, 2.75) is 38.4 Å². The van der Waals surface area contributed by atoms with Crippen LogP contribution in [0.5, 0.6) is 5.88 Å². The molecule has 0 aliphatic carbocycles. The van der Waals surface area contributed by atoms with Crippen molar-refractivity contribution in [1.82, 2.24) is 10.3 Å². The summed E-state index contributed by atoms with van der Waals surface area (Å²) in [5.41, 5.74) is -0.215. The summed E-state index contributed by atoms with van der Waals surface area (Å²) in [5.74, 6) is -2.34. The summed E-state index contributed by atoms with van der Waals surface area (Å²) in [7, 11) is 0. The van der Waals surface area contributed by atoms with Gasteiger partial charge in [-0.05, 0) is 12.5 Å². The number of unbranched alkanes of at least 4 members (excludes halogenated alkanes) is 1. The first kappa shape index (κ1) is 18.7. The Balaban J connectivity index is 2.73. The molecule has 1 rings (SSSR count). The second kappa shape index (κ2) is 8.35. The first-order valence-electron chi connectivity index (χ1n) is 6.93. The molecule has 1 heterocycles. The van der Waals surface area contributed by atoms with E-state index in [1.165, 1.54) is 18.2 Å². The lowest BCUT2D eigenvalue weighted by Gasteiger charge is -2.14. The van der Waals surface area contributed by atoms with E-state index in [2.05, 4.69) is 15.0 Å². The van der Waals surface area contributed by atoms with E-state index in [1.807, 2.05) is 6.92 Å². The molecule has 0 saturated heterocycles. The third-order valence-electron chi connectivity index (χ3n) is 2.79. The Morgan fingerprint density at radius 2 is 2.09 bits per heavy atom. The number of carbonyl (C=O) groups excluding carboxylic acids is 1. The molecule has 0 aliphatic rings. The first-order chi connectivity index (χ1) is 10.7. The van der Waals surface area contributed by atoms with E-state index in [1.54, 1.807) is 0 Å². The summed E-state index contributed by atoms with van der Waals surface area (Å²) in [6.45, 7) is 0.350. The van der Waals surface area contributed by atoms with Crippen LogP contribution in [-0.2, 0) is 4.79 Å². The van der Waals surface area contributed by atoms with Gasteiger partial charge in [-0.15, -0.1) is 0 Å². The number of rotatable bonds is 8. The smallest absolute Gasteiger partial charge is 0.422 e. The Morgan fingerprint density at radius 1 is 1.39 bits per heavy atom. The fraction of sp³-hybridized carbons (Fsp3) is 0.500. The Kier molecular flexibility index (Phi) is 6.80. The van der Waals surface area contributed by atoms with Crippen molar-refractivity contribution in [1.29, 1.82) is 0 Å². The minimum absolute atomic E-state index is 0.215. The normalized spacial score (nSPS) is 12.5. The fourth-order valence-corrected chi connectivity index (χ4v) is 1.68. The third-order valence-corrected chi connectivity index (χ3v) is 2.79. The van der Waals surface area contributed by atoms with Crippen molar-refractivity contribution >= 4 is 11.9 Å². The molecular formula is C14H17F3N2O4. The average Bonchev–Trinajstić information content (AvgIpc) is 2.48. The molecule has 6 nitrogen and oxygen atoms in total. The van der Waals surface area contributed by atoms with Gasteiger partial charge in [0.05, 0.1) is 0 Å². The summed E-state index contributed by atoms with van der Waals surface area (Å²) in [5, 5.41) is 11.3. The minimum atomic E-state index is -4.52. The molecule has 1 aromatic heterocycles. The molecule has 0 radical (unpaired) electrons. The Bertz CT molecular complexity index is 549.